The molecule has 0 saturated heterocycles. The van der Waals surface area contributed by atoms with E-state index in [9.17, 15) is 0 Å². The Labute approximate surface area is 121 Å². The number of pyridine rings is 1. The van der Waals surface area contributed by atoms with Crippen LogP contribution in [0.25, 0.3) is 10.9 Å². The molecule has 0 N–H and O–H groups in total. The van der Waals surface area contributed by atoms with Crippen LogP contribution in [0.4, 0.5) is 0 Å². The van der Waals surface area contributed by atoms with E-state index in [-0.39, 0.29) is 0 Å². The summed E-state index contributed by atoms with van der Waals surface area (Å²) in [5.74, 6) is 1.22. The quantitative estimate of drug-likeness (QED) is 0.426. The topological polar surface area (TPSA) is 3.88 Å². The van der Waals surface area contributed by atoms with Crippen molar-refractivity contribution in [2.45, 2.75) is 44.4 Å². The van der Waals surface area contributed by atoms with Crippen molar-refractivity contribution in [3.05, 3.63) is 36.0 Å². The van der Waals surface area contributed by atoms with Gasteiger partial charge in [-0.25, -0.2) is 0 Å². The fourth-order valence-corrected chi connectivity index (χ4v) is 3.60. The van der Waals surface area contributed by atoms with Crippen LogP contribution >= 0.6 is 11.8 Å². The molecule has 0 aliphatic carbocycles. The molecule has 1 heterocycles. The molecule has 0 spiro atoms. The van der Waals surface area contributed by atoms with Crippen molar-refractivity contribution in [1.29, 1.82) is 0 Å². The van der Waals surface area contributed by atoms with Crippen molar-refractivity contribution >= 4 is 22.7 Å². The van der Waals surface area contributed by atoms with Gasteiger partial charge in [-0.05, 0) is 24.7 Å². The van der Waals surface area contributed by atoms with Crippen molar-refractivity contribution in [3.63, 3.8) is 0 Å². The molecule has 1 aromatic carbocycles. The number of nitrogens with zero attached hydrogens (tertiary/aromatic N) is 1. The number of aromatic nitrogens is 1. The molecule has 2 rings (SSSR count). The van der Waals surface area contributed by atoms with Gasteiger partial charge >= 0.3 is 0 Å². The molecule has 0 unspecified atom stereocenters. The Morgan fingerprint density at radius 1 is 1.11 bits per heavy atom. The second-order valence-corrected chi connectivity index (χ2v) is 6.16. The molecule has 0 amide bonds. The van der Waals surface area contributed by atoms with Crippen LogP contribution in [0, 0.1) is 0 Å². The smallest absolute Gasteiger partial charge is 0.198 e. The standard InChI is InChI=1S/C17H24NS/c1-4-6-12-19-17-13-14(9-5-2)18(3)16-11-8-7-10-15(16)17/h7-8,10-11,13H,4-6,9,12H2,1-3H3/q+1. The van der Waals surface area contributed by atoms with Gasteiger partial charge in [-0.1, -0.05) is 32.4 Å². The van der Waals surface area contributed by atoms with Gasteiger partial charge in [0.15, 0.2) is 5.69 Å². The highest BCUT2D eigenvalue weighted by Crippen LogP contribution is 2.28. The van der Waals surface area contributed by atoms with Gasteiger partial charge in [0.1, 0.15) is 7.05 Å². The van der Waals surface area contributed by atoms with Crippen LogP contribution in [0.3, 0.4) is 0 Å². The van der Waals surface area contributed by atoms with E-state index < -0.39 is 0 Å². The molecule has 0 aliphatic heterocycles. The van der Waals surface area contributed by atoms with Gasteiger partial charge in [0.2, 0.25) is 5.52 Å². The summed E-state index contributed by atoms with van der Waals surface area (Å²) in [6.07, 6.45) is 4.92. The molecule has 2 heteroatoms. The first-order chi connectivity index (χ1) is 9.27. The van der Waals surface area contributed by atoms with E-state index in [4.69, 9.17) is 0 Å². The summed E-state index contributed by atoms with van der Waals surface area (Å²) in [6.45, 7) is 4.51. The van der Waals surface area contributed by atoms with E-state index in [2.05, 4.69) is 55.8 Å². The number of rotatable bonds is 6. The predicted molar refractivity (Wildman–Crippen MR) is 84.8 cm³/mol. The van der Waals surface area contributed by atoms with E-state index in [1.54, 1.807) is 0 Å². The number of para-hydroxylation sites is 1. The molecule has 1 aromatic heterocycles. The minimum atomic E-state index is 1.16. The van der Waals surface area contributed by atoms with Crippen molar-refractivity contribution < 1.29 is 4.57 Å². The molecule has 0 aliphatic rings. The van der Waals surface area contributed by atoms with Gasteiger partial charge in [-0.3, -0.25) is 0 Å². The highest BCUT2D eigenvalue weighted by Gasteiger charge is 2.15. The molecule has 19 heavy (non-hydrogen) atoms. The van der Waals surface area contributed by atoms with Crippen LogP contribution in [-0.4, -0.2) is 5.75 Å². The van der Waals surface area contributed by atoms with Crippen LogP contribution in [0.2, 0.25) is 0 Å². The van der Waals surface area contributed by atoms with Gasteiger partial charge in [0.05, 0.1) is 5.39 Å². The van der Waals surface area contributed by atoms with E-state index in [0.717, 1.165) is 6.42 Å². The number of benzene rings is 1. The average molecular weight is 274 g/mol. The van der Waals surface area contributed by atoms with Crippen LogP contribution in [0.1, 0.15) is 38.8 Å². The lowest BCUT2D eigenvalue weighted by molar-refractivity contribution is -0.653. The Hall–Kier alpha value is -1.02. The first kappa shape index (κ1) is 14.4. The molecular formula is C17H24NS+. The zero-order valence-electron chi connectivity index (χ0n) is 12.3. The zero-order valence-corrected chi connectivity index (χ0v) is 13.1. The van der Waals surface area contributed by atoms with E-state index >= 15 is 0 Å². The Bertz CT molecular complexity index is 548. The van der Waals surface area contributed by atoms with Crippen LogP contribution < -0.4 is 4.57 Å². The highest BCUT2D eigenvalue weighted by atomic mass is 32.2. The number of hydrogen-bond donors (Lipinski definition) is 0. The van der Waals surface area contributed by atoms with E-state index in [1.165, 1.54) is 46.5 Å². The van der Waals surface area contributed by atoms with Gasteiger partial charge in [-0.2, -0.15) is 4.57 Å². The molecule has 0 saturated carbocycles. The lowest BCUT2D eigenvalue weighted by Gasteiger charge is -2.08. The van der Waals surface area contributed by atoms with Gasteiger partial charge in [0, 0.05) is 23.4 Å². The predicted octanol–water partition coefficient (Wildman–Crippen LogP) is 4.51. The maximum atomic E-state index is 2.40. The van der Waals surface area contributed by atoms with Crippen LogP contribution in [0.15, 0.2) is 35.2 Å². The van der Waals surface area contributed by atoms with Crippen molar-refractivity contribution in [2.24, 2.45) is 7.05 Å². The van der Waals surface area contributed by atoms with E-state index in [1.807, 2.05) is 11.8 Å². The lowest BCUT2D eigenvalue weighted by Crippen LogP contribution is -2.34. The van der Waals surface area contributed by atoms with Crippen molar-refractivity contribution in [2.75, 3.05) is 5.75 Å². The fraction of sp³-hybridized carbons (Fsp3) is 0.471. The number of thioether (sulfide) groups is 1. The van der Waals surface area contributed by atoms with Gasteiger partial charge < -0.3 is 0 Å². The molecule has 0 bridgehead atoms. The second kappa shape index (κ2) is 6.95. The minimum absolute atomic E-state index is 1.16. The molecule has 0 atom stereocenters. The van der Waals surface area contributed by atoms with Gasteiger partial charge in [-0.15, -0.1) is 11.8 Å². The van der Waals surface area contributed by atoms with Crippen LogP contribution in [0.5, 0.6) is 0 Å². The molecule has 102 valence electrons. The zero-order chi connectivity index (χ0) is 13.7. The Kier molecular flexibility index (Phi) is 5.26. The molecule has 2 aromatic rings. The molecule has 1 nitrogen and oxygen atoms in total. The number of fused-ring (bicyclic) bond motifs is 1. The average Bonchev–Trinajstić information content (AvgIpc) is 2.44. The maximum Gasteiger partial charge on any atom is 0.213 e. The van der Waals surface area contributed by atoms with Crippen LogP contribution in [-0.2, 0) is 13.5 Å². The maximum absolute atomic E-state index is 2.40. The summed E-state index contributed by atoms with van der Waals surface area (Å²) >= 11 is 2.01. The first-order valence-electron chi connectivity index (χ1n) is 7.31. The second-order valence-electron chi connectivity index (χ2n) is 5.03. The third-order valence-corrected chi connectivity index (χ3v) is 4.66. The van der Waals surface area contributed by atoms with E-state index in [0.29, 0.717) is 0 Å². The number of aryl methyl sites for hydroxylation is 2. The summed E-state index contributed by atoms with van der Waals surface area (Å²) < 4.78 is 2.35. The Morgan fingerprint density at radius 2 is 1.89 bits per heavy atom. The normalized spacial score (nSPS) is 11.1. The number of hydrogen-bond acceptors (Lipinski definition) is 1. The Balaban J connectivity index is 2.45. The third-order valence-electron chi connectivity index (χ3n) is 3.52. The summed E-state index contributed by atoms with van der Waals surface area (Å²) in [5, 5.41) is 1.39. The number of unbranched alkanes of at least 4 members (excludes halogenated alkanes) is 1. The SMILES string of the molecule is CCCCSc1cc(CCC)[n+](C)c2ccccc12. The minimum Gasteiger partial charge on any atom is -0.198 e. The first-order valence-corrected chi connectivity index (χ1v) is 8.30. The summed E-state index contributed by atoms with van der Waals surface area (Å²) in [5.41, 5.74) is 2.80. The molecule has 0 radical (unpaired) electrons. The monoisotopic (exact) mass is 274 g/mol. The largest absolute Gasteiger partial charge is 0.213 e. The highest BCUT2D eigenvalue weighted by molar-refractivity contribution is 7.99. The Morgan fingerprint density at radius 3 is 2.63 bits per heavy atom. The van der Waals surface area contributed by atoms with Crippen molar-refractivity contribution in [3.8, 4) is 0 Å². The lowest BCUT2D eigenvalue weighted by atomic mass is 10.1. The van der Waals surface area contributed by atoms with Gasteiger partial charge in [0.25, 0.3) is 0 Å². The fourth-order valence-electron chi connectivity index (χ4n) is 2.40. The summed E-state index contributed by atoms with van der Waals surface area (Å²) in [7, 11) is 2.19. The third kappa shape index (κ3) is 3.30. The summed E-state index contributed by atoms with van der Waals surface area (Å²) in [6, 6.07) is 11.2. The van der Waals surface area contributed by atoms with Crippen molar-refractivity contribution in [1.82, 2.24) is 0 Å². The molecule has 0 fully saturated rings. The summed E-state index contributed by atoms with van der Waals surface area (Å²) in [4.78, 5) is 1.45. The molecular weight excluding hydrogens is 250 g/mol.